The van der Waals surface area contributed by atoms with Crippen molar-refractivity contribution in [1.29, 1.82) is 0 Å². The molecule has 1 fully saturated rings. The molecule has 17 heavy (non-hydrogen) atoms. The average Bonchev–Trinajstić information content (AvgIpc) is 3.00. The third-order valence-electron chi connectivity index (χ3n) is 2.87. The van der Waals surface area contributed by atoms with E-state index in [4.69, 9.17) is 5.53 Å². The van der Waals surface area contributed by atoms with E-state index in [1.165, 1.54) is 0 Å². The van der Waals surface area contributed by atoms with Crippen molar-refractivity contribution in [2.24, 2.45) is 17.0 Å². The van der Waals surface area contributed by atoms with Crippen LogP contribution in [-0.4, -0.2) is 21.5 Å². The van der Waals surface area contributed by atoms with E-state index in [0.29, 0.717) is 18.4 Å². The molecular formula is C11H20N4OS. The van der Waals surface area contributed by atoms with Crippen molar-refractivity contribution in [1.82, 2.24) is 4.72 Å². The molecule has 1 rings (SSSR count). The molecule has 0 aromatic carbocycles. The summed E-state index contributed by atoms with van der Waals surface area (Å²) in [6, 6.07) is 0.0361. The van der Waals surface area contributed by atoms with Crippen LogP contribution in [0.3, 0.4) is 0 Å². The first-order valence-corrected chi connectivity index (χ1v) is 6.86. The van der Waals surface area contributed by atoms with Gasteiger partial charge in [0, 0.05) is 17.5 Å². The summed E-state index contributed by atoms with van der Waals surface area (Å²) in [4.78, 5) is 2.75. The van der Waals surface area contributed by atoms with Gasteiger partial charge in [-0.15, -0.1) is 6.58 Å². The van der Waals surface area contributed by atoms with Crippen molar-refractivity contribution < 1.29 is 4.21 Å². The van der Waals surface area contributed by atoms with Crippen LogP contribution in [0.25, 0.3) is 10.4 Å². The molecule has 0 heterocycles. The Kier molecular flexibility index (Phi) is 4.74. The summed E-state index contributed by atoms with van der Waals surface area (Å²) in [5, 5.41) is 3.57. The van der Waals surface area contributed by atoms with E-state index < -0.39 is 11.0 Å². The van der Waals surface area contributed by atoms with Gasteiger partial charge in [0.2, 0.25) is 0 Å². The van der Waals surface area contributed by atoms with Gasteiger partial charge in [-0.25, -0.2) is 8.93 Å². The van der Waals surface area contributed by atoms with Gasteiger partial charge in [-0.05, 0) is 44.6 Å². The zero-order valence-corrected chi connectivity index (χ0v) is 11.4. The lowest BCUT2D eigenvalue weighted by atomic mass is 10.1. The lowest BCUT2D eigenvalue weighted by Crippen LogP contribution is -2.40. The molecule has 0 amide bonds. The lowest BCUT2D eigenvalue weighted by Gasteiger charge is -2.22. The number of nitrogens with zero attached hydrogens (tertiary/aromatic N) is 3. The predicted octanol–water partition coefficient (Wildman–Crippen LogP) is 2.54. The van der Waals surface area contributed by atoms with Crippen LogP contribution in [0.15, 0.2) is 17.8 Å². The zero-order chi connectivity index (χ0) is 13.1. The van der Waals surface area contributed by atoms with Crippen LogP contribution < -0.4 is 4.72 Å². The molecule has 0 aromatic rings. The zero-order valence-electron chi connectivity index (χ0n) is 10.6. The summed E-state index contributed by atoms with van der Waals surface area (Å²) in [6.45, 7) is 10.1. The van der Waals surface area contributed by atoms with E-state index in [-0.39, 0.29) is 10.8 Å². The molecule has 1 aliphatic rings. The van der Waals surface area contributed by atoms with Gasteiger partial charge in [-0.2, -0.15) is 0 Å². The molecule has 5 nitrogen and oxygen atoms in total. The molecule has 4 atom stereocenters. The second-order valence-corrected chi connectivity index (χ2v) is 7.33. The summed E-state index contributed by atoms with van der Waals surface area (Å²) in [7, 11) is -1.09. The average molecular weight is 256 g/mol. The molecule has 96 valence electrons. The third-order valence-corrected chi connectivity index (χ3v) is 4.47. The van der Waals surface area contributed by atoms with Gasteiger partial charge in [0.15, 0.2) is 0 Å². The molecular weight excluding hydrogens is 236 g/mol. The Morgan fingerprint density at radius 3 is 2.82 bits per heavy atom. The minimum absolute atomic E-state index is 0.0361. The van der Waals surface area contributed by atoms with Crippen LogP contribution in [0, 0.1) is 11.8 Å². The molecule has 6 heteroatoms. The smallest absolute Gasteiger partial charge is 0.0975 e. The standard InChI is InChI=1S/C11H20N4OS/c1-5-10(14-17(16)11(2,3)4)9-6-8(9)7-13-15-12/h5,8-10,14H,1,6-7H2,2-4H3/t8-,9+,10-,17+/m1/s1. The maximum Gasteiger partial charge on any atom is 0.0975 e. The highest BCUT2D eigenvalue weighted by Crippen LogP contribution is 2.42. The highest BCUT2D eigenvalue weighted by Gasteiger charge is 2.42. The Morgan fingerprint density at radius 2 is 2.35 bits per heavy atom. The molecule has 1 saturated carbocycles. The van der Waals surface area contributed by atoms with Crippen LogP contribution >= 0.6 is 0 Å². The second-order valence-electron chi connectivity index (χ2n) is 5.33. The number of azide groups is 1. The molecule has 1 aliphatic carbocycles. The number of hydrogen-bond donors (Lipinski definition) is 1. The first kappa shape index (κ1) is 14.2. The van der Waals surface area contributed by atoms with Crippen LogP contribution in [0.4, 0.5) is 0 Å². The molecule has 0 unspecified atom stereocenters. The van der Waals surface area contributed by atoms with Crippen LogP contribution in [0.2, 0.25) is 0 Å². The van der Waals surface area contributed by atoms with Crippen LogP contribution in [0.1, 0.15) is 27.2 Å². The van der Waals surface area contributed by atoms with Gasteiger partial charge in [0.1, 0.15) is 0 Å². The minimum atomic E-state index is -1.09. The van der Waals surface area contributed by atoms with Gasteiger partial charge in [-0.1, -0.05) is 11.2 Å². The number of hydrogen-bond acceptors (Lipinski definition) is 2. The van der Waals surface area contributed by atoms with Gasteiger partial charge in [0.25, 0.3) is 0 Å². The molecule has 0 saturated heterocycles. The highest BCUT2D eigenvalue weighted by molar-refractivity contribution is 7.84. The fraction of sp³-hybridized carbons (Fsp3) is 0.818. The van der Waals surface area contributed by atoms with Crippen LogP contribution in [0.5, 0.6) is 0 Å². The van der Waals surface area contributed by atoms with Crippen molar-refractivity contribution in [3.63, 3.8) is 0 Å². The summed E-state index contributed by atoms with van der Waals surface area (Å²) in [5.74, 6) is 0.794. The van der Waals surface area contributed by atoms with E-state index >= 15 is 0 Å². The topological polar surface area (TPSA) is 77.9 Å². The van der Waals surface area contributed by atoms with E-state index in [0.717, 1.165) is 6.42 Å². The van der Waals surface area contributed by atoms with E-state index in [1.807, 2.05) is 20.8 Å². The lowest BCUT2D eigenvalue weighted by molar-refractivity contribution is 0.573. The van der Waals surface area contributed by atoms with E-state index in [1.54, 1.807) is 6.08 Å². The molecule has 1 N–H and O–H groups in total. The molecule has 0 spiro atoms. The number of rotatable bonds is 6. The molecule has 0 bridgehead atoms. The second kappa shape index (κ2) is 5.67. The Hall–Kier alpha value is -0.840. The number of nitrogens with one attached hydrogen (secondary N) is 1. The maximum absolute atomic E-state index is 12.0. The quantitative estimate of drug-likeness (QED) is 0.337. The van der Waals surface area contributed by atoms with E-state index in [9.17, 15) is 4.21 Å². The SMILES string of the molecule is C=C[C@@H](N[S@@](=O)C(C)(C)C)[C@H]1C[C@@H]1CN=[N+]=[N-]. The van der Waals surface area contributed by atoms with Crippen molar-refractivity contribution in [2.75, 3.05) is 6.54 Å². The van der Waals surface area contributed by atoms with Crippen LogP contribution in [-0.2, 0) is 11.0 Å². The largest absolute Gasteiger partial charge is 0.242 e. The van der Waals surface area contributed by atoms with Gasteiger partial charge >= 0.3 is 0 Å². The highest BCUT2D eigenvalue weighted by atomic mass is 32.2. The maximum atomic E-state index is 12.0. The summed E-state index contributed by atoms with van der Waals surface area (Å²) < 4.78 is 14.8. The van der Waals surface area contributed by atoms with Gasteiger partial charge in [0.05, 0.1) is 15.7 Å². The Bertz CT molecular complexity index is 357. The van der Waals surface area contributed by atoms with Crippen molar-refractivity contribution in [3.05, 3.63) is 23.1 Å². The normalized spacial score (nSPS) is 26.8. The first-order chi connectivity index (χ1) is 7.90. The Morgan fingerprint density at radius 1 is 1.71 bits per heavy atom. The monoisotopic (exact) mass is 256 g/mol. The molecule has 0 aromatic heterocycles. The fourth-order valence-corrected chi connectivity index (χ4v) is 2.54. The summed E-state index contributed by atoms with van der Waals surface area (Å²) >= 11 is 0. The summed E-state index contributed by atoms with van der Waals surface area (Å²) in [6.07, 6.45) is 2.80. The Labute approximate surface area is 105 Å². The van der Waals surface area contributed by atoms with Crippen molar-refractivity contribution in [3.8, 4) is 0 Å². The first-order valence-electron chi connectivity index (χ1n) is 5.71. The van der Waals surface area contributed by atoms with Gasteiger partial charge in [-0.3, -0.25) is 0 Å². The predicted molar refractivity (Wildman–Crippen MR) is 70.6 cm³/mol. The van der Waals surface area contributed by atoms with E-state index in [2.05, 4.69) is 21.3 Å². The van der Waals surface area contributed by atoms with Gasteiger partial charge < -0.3 is 0 Å². The van der Waals surface area contributed by atoms with Crippen molar-refractivity contribution >= 4 is 11.0 Å². The summed E-state index contributed by atoms with van der Waals surface area (Å²) in [5.41, 5.74) is 8.25. The third kappa shape index (κ3) is 4.15. The minimum Gasteiger partial charge on any atom is -0.242 e. The fourth-order valence-electron chi connectivity index (χ4n) is 1.67. The molecule has 0 radical (unpaired) electrons. The van der Waals surface area contributed by atoms with Crippen molar-refractivity contribution in [2.45, 2.75) is 38.0 Å². The Balaban J connectivity index is 2.49. The molecule has 0 aliphatic heterocycles.